The summed E-state index contributed by atoms with van der Waals surface area (Å²) in [5, 5.41) is 1.22. The third-order valence-corrected chi connectivity index (χ3v) is 4.51. The van der Waals surface area contributed by atoms with E-state index in [4.69, 9.17) is 4.98 Å². The molecule has 0 saturated heterocycles. The second-order valence-corrected chi connectivity index (χ2v) is 6.53. The van der Waals surface area contributed by atoms with Gasteiger partial charge in [0.2, 0.25) is 0 Å². The molecule has 1 heterocycles. The third kappa shape index (κ3) is 2.14. The molecule has 3 rings (SSSR count). The van der Waals surface area contributed by atoms with Gasteiger partial charge in [0, 0.05) is 0 Å². The Morgan fingerprint density at radius 3 is 2.82 bits per heavy atom. The average Bonchev–Trinajstić information content (AvgIpc) is 2.71. The minimum Gasteiger partial charge on any atom is -0.236 e. The van der Waals surface area contributed by atoms with Gasteiger partial charge in [0.05, 0.1) is 10.2 Å². The molecule has 2 aromatic rings. The lowest BCUT2D eigenvalue weighted by atomic mass is 9.80. The van der Waals surface area contributed by atoms with Gasteiger partial charge in [-0.1, -0.05) is 32.1 Å². The third-order valence-electron chi connectivity index (χ3n) is 3.40. The minimum absolute atomic E-state index is 0.339. The van der Waals surface area contributed by atoms with Crippen molar-refractivity contribution < 1.29 is 0 Å². The largest absolute Gasteiger partial charge is 0.236 e. The zero-order valence-corrected chi connectivity index (χ0v) is 11.2. The molecule has 1 aromatic heterocycles. The fourth-order valence-corrected chi connectivity index (χ4v) is 3.54. The molecule has 0 spiro atoms. The molecule has 1 aliphatic carbocycles. The number of fused-ring (bicyclic) bond motifs is 1. The van der Waals surface area contributed by atoms with Crippen LogP contribution in [0.5, 0.6) is 0 Å². The lowest BCUT2D eigenvalue weighted by Crippen LogP contribution is -2.12. The first-order valence-electron chi connectivity index (χ1n) is 6.22. The number of hydrogen-bond donors (Lipinski definition) is 0. The van der Waals surface area contributed by atoms with E-state index in [0.29, 0.717) is 5.41 Å². The topological polar surface area (TPSA) is 12.9 Å². The zero-order chi connectivity index (χ0) is 11.9. The summed E-state index contributed by atoms with van der Waals surface area (Å²) in [5.41, 5.74) is 2.92. The van der Waals surface area contributed by atoms with Gasteiger partial charge >= 0.3 is 0 Å². The quantitative estimate of drug-likeness (QED) is 0.695. The number of benzene rings is 1. The monoisotopic (exact) mass is 243 g/mol. The summed E-state index contributed by atoms with van der Waals surface area (Å²) in [5.74, 6) is 0. The molecule has 1 nitrogen and oxygen atoms in total. The maximum absolute atomic E-state index is 4.75. The lowest BCUT2D eigenvalue weighted by molar-refractivity contribution is 0.410. The van der Waals surface area contributed by atoms with Crippen LogP contribution in [-0.4, -0.2) is 4.98 Å². The minimum atomic E-state index is 0.339. The van der Waals surface area contributed by atoms with E-state index >= 15 is 0 Å². The summed E-state index contributed by atoms with van der Waals surface area (Å²) in [6, 6.07) is 8.41. The normalized spacial score (nSPS) is 19.3. The molecule has 0 bridgehead atoms. The second kappa shape index (κ2) is 3.95. The van der Waals surface area contributed by atoms with E-state index in [1.54, 1.807) is 0 Å². The van der Waals surface area contributed by atoms with Gasteiger partial charge in [0.1, 0.15) is 5.01 Å². The van der Waals surface area contributed by atoms with Crippen LogP contribution in [0.2, 0.25) is 0 Å². The van der Waals surface area contributed by atoms with Crippen molar-refractivity contribution in [3.63, 3.8) is 0 Å². The van der Waals surface area contributed by atoms with Crippen molar-refractivity contribution in [1.29, 1.82) is 0 Å². The first kappa shape index (κ1) is 11.0. The van der Waals surface area contributed by atoms with Gasteiger partial charge in [-0.25, -0.2) is 4.98 Å². The van der Waals surface area contributed by atoms with Gasteiger partial charge in [-0.3, -0.25) is 0 Å². The van der Waals surface area contributed by atoms with Crippen LogP contribution < -0.4 is 0 Å². The van der Waals surface area contributed by atoms with E-state index in [9.17, 15) is 0 Å². The van der Waals surface area contributed by atoms with Crippen molar-refractivity contribution in [2.24, 2.45) is 5.41 Å². The maximum Gasteiger partial charge on any atom is 0.120 e. The molecule has 2 heteroatoms. The van der Waals surface area contributed by atoms with E-state index in [0.717, 1.165) is 5.52 Å². The molecule has 1 aromatic carbocycles. The van der Waals surface area contributed by atoms with Crippen molar-refractivity contribution in [2.45, 2.75) is 33.1 Å². The summed E-state index contributed by atoms with van der Waals surface area (Å²) < 4.78 is 1.30. The lowest BCUT2D eigenvalue weighted by Gasteiger charge is -2.26. The van der Waals surface area contributed by atoms with Crippen molar-refractivity contribution in [2.75, 3.05) is 0 Å². The molecule has 0 fully saturated rings. The van der Waals surface area contributed by atoms with Crippen molar-refractivity contribution in [1.82, 2.24) is 4.98 Å². The summed E-state index contributed by atoms with van der Waals surface area (Å²) in [6.45, 7) is 4.64. The van der Waals surface area contributed by atoms with Gasteiger partial charge < -0.3 is 0 Å². The van der Waals surface area contributed by atoms with Crippen LogP contribution in [0.25, 0.3) is 15.8 Å². The highest BCUT2D eigenvalue weighted by atomic mass is 32.1. The first-order chi connectivity index (χ1) is 8.14. The molecule has 0 saturated carbocycles. The number of aromatic nitrogens is 1. The van der Waals surface area contributed by atoms with Crippen LogP contribution in [0.3, 0.4) is 0 Å². The Labute approximate surface area is 106 Å². The number of hydrogen-bond acceptors (Lipinski definition) is 2. The molecule has 0 atom stereocenters. The van der Waals surface area contributed by atoms with Crippen LogP contribution in [0.1, 0.15) is 38.1 Å². The van der Waals surface area contributed by atoms with Crippen molar-refractivity contribution in [3.05, 3.63) is 35.3 Å². The summed E-state index contributed by atoms with van der Waals surface area (Å²) in [7, 11) is 0. The summed E-state index contributed by atoms with van der Waals surface area (Å²) >= 11 is 1.83. The van der Waals surface area contributed by atoms with Gasteiger partial charge in [0.15, 0.2) is 0 Å². The van der Waals surface area contributed by atoms with Gasteiger partial charge in [-0.2, -0.15) is 0 Å². The molecule has 1 aliphatic rings. The zero-order valence-electron chi connectivity index (χ0n) is 10.4. The number of thiazole rings is 1. The molecular formula is C15H17NS. The van der Waals surface area contributed by atoms with Crippen molar-refractivity contribution >= 4 is 27.1 Å². The average molecular weight is 243 g/mol. The predicted octanol–water partition coefficient (Wildman–Crippen LogP) is 4.89. The highest BCUT2D eigenvalue weighted by Crippen LogP contribution is 2.39. The summed E-state index contributed by atoms with van der Waals surface area (Å²) in [4.78, 5) is 4.75. The molecule has 0 unspecified atom stereocenters. The highest BCUT2D eigenvalue weighted by molar-refractivity contribution is 7.19. The number of nitrogens with zero attached hydrogens (tertiary/aromatic N) is 1. The van der Waals surface area contributed by atoms with E-state index in [1.807, 2.05) is 11.3 Å². The van der Waals surface area contributed by atoms with Crippen molar-refractivity contribution in [3.8, 4) is 0 Å². The van der Waals surface area contributed by atoms with Crippen LogP contribution in [0, 0.1) is 5.41 Å². The smallest absolute Gasteiger partial charge is 0.120 e. The molecule has 0 aliphatic heterocycles. The Kier molecular flexibility index (Phi) is 2.55. The molecule has 17 heavy (non-hydrogen) atoms. The summed E-state index contributed by atoms with van der Waals surface area (Å²) in [6.07, 6.45) is 6.19. The molecule has 0 amide bonds. The van der Waals surface area contributed by atoms with E-state index in [2.05, 4.69) is 44.2 Å². The standard InChI is InChI=1S/C15H17NS/c1-15(2)9-5-6-11(10-15)14-16-12-7-3-4-8-13(12)17-14/h3-4,7-8,10H,5-6,9H2,1-2H3. The van der Waals surface area contributed by atoms with E-state index in [-0.39, 0.29) is 0 Å². The van der Waals surface area contributed by atoms with Crippen LogP contribution in [-0.2, 0) is 0 Å². The Balaban J connectivity index is 2.06. The highest BCUT2D eigenvalue weighted by Gasteiger charge is 2.22. The number of allylic oxidation sites excluding steroid dienone is 2. The molecular weight excluding hydrogens is 226 g/mol. The van der Waals surface area contributed by atoms with Crippen LogP contribution >= 0.6 is 11.3 Å². The van der Waals surface area contributed by atoms with E-state index in [1.165, 1.54) is 34.5 Å². The molecule has 0 N–H and O–H groups in total. The first-order valence-corrected chi connectivity index (χ1v) is 7.03. The Hall–Kier alpha value is -1.15. The fourth-order valence-electron chi connectivity index (χ4n) is 2.53. The predicted molar refractivity (Wildman–Crippen MR) is 75.2 cm³/mol. The second-order valence-electron chi connectivity index (χ2n) is 5.50. The Morgan fingerprint density at radius 2 is 2.06 bits per heavy atom. The SMILES string of the molecule is CC1(C)C=C(c2nc3ccccc3s2)CCC1. The Bertz CT molecular complexity index is 544. The maximum atomic E-state index is 4.75. The van der Waals surface area contributed by atoms with Gasteiger partial charge in [-0.05, 0) is 42.4 Å². The fraction of sp³-hybridized carbons (Fsp3) is 0.400. The Morgan fingerprint density at radius 1 is 1.24 bits per heavy atom. The van der Waals surface area contributed by atoms with E-state index < -0.39 is 0 Å². The molecule has 0 radical (unpaired) electrons. The van der Waals surface area contributed by atoms with Crippen LogP contribution in [0.15, 0.2) is 30.3 Å². The number of rotatable bonds is 1. The van der Waals surface area contributed by atoms with Gasteiger partial charge in [0.25, 0.3) is 0 Å². The van der Waals surface area contributed by atoms with Gasteiger partial charge in [-0.15, -0.1) is 11.3 Å². The molecule has 88 valence electrons. The van der Waals surface area contributed by atoms with Crippen LogP contribution in [0.4, 0.5) is 0 Å². The number of para-hydroxylation sites is 1.